The normalized spacial score (nSPS) is 29.6. The van der Waals surface area contributed by atoms with Crippen molar-refractivity contribution in [3.8, 4) is 0 Å². The zero-order valence-corrected chi connectivity index (χ0v) is 9.12. The van der Waals surface area contributed by atoms with Crippen LogP contribution in [0, 0.1) is 0 Å². The van der Waals surface area contributed by atoms with Crippen LogP contribution < -0.4 is 16.5 Å². The van der Waals surface area contributed by atoms with Gasteiger partial charge in [-0.3, -0.25) is 0 Å². The van der Waals surface area contributed by atoms with Crippen molar-refractivity contribution in [2.75, 3.05) is 11.1 Å². The summed E-state index contributed by atoms with van der Waals surface area (Å²) in [5.74, 6) is 0.723. The van der Waals surface area contributed by atoms with E-state index in [-0.39, 0.29) is 6.04 Å². The van der Waals surface area contributed by atoms with Crippen molar-refractivity contribution >= 4 is 24.8 Å². The maximum Gasteiger partial charge on any atom is 0.149 e. The van der Waals surface area contributed by atoms with E-state index in [1.165, 1.54) is 0 Å². The number of aromatic nitrogens is 1. The van der Waals surface area contributed by atoms with Crippen LogP contribution in [0.3, 0.4) is 0 Å². The predicted molar refractivity (Wildman–Crippen MR) is 64.1 cm³/mol. The van der Waals surface area contributed by atoms with E-state index in [9.17, 15) is 5.11 Å². The summed E-state index contributed by atoms with van der Waals surface area (Å²) < 4.78 is 0. The highest BCUT2D eigenvalue weighted by atomic mass is 16.3. The summed E-state index contributed by atoms with van der Waals surface area (Å²) in [4.78, 5) is 4.23. The lowest BCUT2D eigenvalue weighted by atomic mass is 9.77. The molecule has 80 valence electrons. The molecule has 0 spiro atoms. The van der Waals surface area contributed by atoms with Crippen molar-refractivity contribution in [2.45, 2.75) is 31.4 Å². The van der Waals surface area contributed by atoms with Crippen LogP contribution in [0.5, 0.6) is 0 Å². The van der Waals surface area contributed by atoms with Gasteiger partial charge in [-0.05, 0) is 25.8 Å². The average Bonchev–Trinajstić information content (AvgIpc) is 2.06. The highest BCUT2D eigenvalue weighted by Gasteiger charge is 2.38. The van der Waals surface area contributed by atoms with Gasteiger partial charge < -0.3 is 16.2 Å². The van der Waals surface area contributed by atoms with E-state index < -0.39 is 5.60 Å². The van der Waals surface area contributed by atoms with E-state index in [2.05, 4.69) is 10.3 Å². The largest absolute Gasteiger partial charge is 0.396 e. The third-order valence-corrected chi connectivity index (χ3v) is 2.77. The van der Waals surface area contributed by atoms with Crippen LogP contribution in [0.25, 0.3) is 0 Å². The van der Waals surface area contributed by atoms with Gasteiger partial charge in [0.05, 0.1) is 11.3 Å². The van der Waals surface area contributed by atoms with Gasteiger partial charge in [0.2, 0.25) is 0 Å². The first kappa shape index (κ1) is 10.3. The second kappa shape index (κ2) is 3.41. The lowest BCUT2D eigenvalue weighted by Gasteiger charge is -2.41. The molecular formula is C10H16BN3O. The zero-order chi connectivity index (χ0) is 11.1. The van der Waals surface area contributed by atoms with Gasteiger partial charge in [0, 0.05) is 12.2 Å². The van der Waals surface area contributed by atoms with Gasteiger partial charge in [0.1, 0.15) is 13.7 Å². The van der Waals surface area contributed by atoms with Gasteiger partial charge in [0.25, 0.3) is 0 Å². The van der Waals surface area contributed by atoms with E-state index in [1.54, 1.807) is 6.20 Å². The Morgan fingerprint density at radius 2 is 2.33 bits per heavy atom. The van der Waals surface area contributed by atoms with Crippen molar-refractivity contribution in [3.05, 3.63) is 12.3 Å². The van der Waals surface area contributed by atoms with Crippen LogP contribution in [0.4, 0.5) is 11.5 Å². The summed E-state index contributed by atoms with van der Waals surface area (Å²) in [6.45, 7) is 1.84. The van der Waals surface area contributed by atoms with Gasteiger partial charge in [-0.25, -0.2) is 4.98 Å². The molecule has 0 saturated heterocycles. The van der Waals surface area contributed by atoms with Gasteiger partial charge in [-0.2, -0.15) is 0 Å². The minimum Gasteiger partial charge on any atom is -0.396 e. The lowest BCUT2D eigenvalue weighted by molar-refractivity contribution is -0.0235. The Morgan fingerprint density at radius 3 is 2.87 bits per heavy atom. The number of hydrogen-bond donors (Lipinski definition) is 3. The summed E-state index contributed by atoms with van der Waals surface area (Å²) >= 11 is 0. The molecule has 0 aliphatic heterocycles. The Hall–Kier alpha value is -1.23. The first-order chi connectivity index (χ1) is 6.96. The molecule has 1 aliphatic carbocycles. The number of pyridine rings is 1. The number of aliphatic hydroxyl groups is 1. The second-order valence-corrected chi connectivity index (χ2v) is 4.70. The fourth-order valence-corrected chi connectivity index (χ4v) is 2.01. The number of nitrogens with one attached hydrogen (secondary N) is 1. The standard InChI is InChI=1S/C10H16BN3O/c1-10(15)3-7(4-10)14-9-8(12)2-6(11)5-13-9/h2,5,7,15H,3-4,11-12H2,1H3,(H,13,14)/t7-,10+. The lowest BCUT2D eigenvalue weighted by Crippen LogP contribution is -2.48. The van der Waals surface area contributed by atoms with Gasteiger partial charge in [0.15, 0.2) is 0 Å². The van der Waals surface area contributed by atoms with Gasteiger partial charge in [-0.15, -0.1) is 0 Å². The quantitative estimate of drug-likeness (QED) is 0.555. The highest BCUT2D eigenvalue weighted by Crippen LogP contribution is 2.33. The molecular weight excluding hydrogens is 189 g/mol. The first-order valence-electron chi connectivity index (χ1n) is 5.17. The molecule has 4 N–H and O–H groups in total. The molecule has 1 aromatic rings. The fraction of sp³-hybridized carbons (Fsp3) is 0.500. The summed E-state index contributed by atoms with van der Waals surface area (Å²) in [5.41, 5.74) is 7.03. The Balaban J connectivity index is 2.00. The first-order valence-corrected chi connectivity index (χ1v) is 5.17. The molecule has 1 heterocycles. The molecule has 0 aromatic carbocycles. The summed E-state index contributed by atoms with van der Waals surface area (Å²) in [5, 5.41) is 12.8. The number of rotatable bonds is 2. The van der Waals surface area contributed by atoms with Crippen LogP contribution >= 0.6 is 0 Å². The molecule has 1 aromatic heterocycles. The molecule has 1 fully saturated rings. The van der Waals surface area contributed by atoms with Crippen molar-refractivity contribution in [3.63, 3.8) is 0 Å². The monoisotopic (exact) mass is 205 g/mol. The molecule has 0 amide bonds. The van der Waals surface area contributed by atoms with Crippen LogP contribution in [-0.4, -0.2) is 29.6 Å². The third kappa shape index (κ3) is 2.23. The number of anilines is 2. The van der Waals surface area contributed by atoms with Crippen molar-refractivity contribution in [1.82, 2.24) is 4.98 Å². The minimum atomic E-state index is -0.517. The molecule has 5 heteroatoms. The molecule has 1 saturated carbocycles. The maximum atomic E-state index is 9.58. The summed E-state index contributed by atoms with van der Waals surface area (Å²) in [7, 11) is 1.96. The Morgan fingerprint density at radius 1 is 1.67 bits per heavy atom. The van der Waals surface area contributed by atoms with E-state index in [4.69, 9.17) is 5.73 Å². The molecule has 2 rings (SSSR count). The van der Waals surface area contributed by atoms with E-state index >= 15 is 0 Å². The molecule has 1 aliphatic rings. The summed E-state index contributed by atoms with van der Waals surface area (Å²) in [6, 6.07) is 2.18. The molecule has 0 atom stereocenters. The third-order valence-electron chi connectivity index (χ3n) is 2.77. The second-order valence-electron chi connectivity index (χ2n) is 4.70. The fourth-order valence-electron chi connectivity index (χ4n) is 2.01. The topological polar surface area (TPSA) is 71.2 Å². The zero-order valence-electron chi connectivity index (χ0n) is 9.12. The van der Waals surface area contributed by atoms with Crippen LogP contribution in [-0.2, 0) is 0 Å². The summed E-state index contributed by atoms with van der Waals surface area (Å²) in [6.07, 6.45) is 3.29. The molecule has 0 unspecified atom stereocenters. The maximum absolute atomic E-state index is 9.58. The Labute approximate surface area is 90.3 Å². The smallest absolute Gasteiger partial charge is 0.149 e. The van der Waals surface area contributed by atoms with E-state index in [0.29, 0.717) is 5.69 Å². The number of nitrogen functional groups attached to an aromatic ring is 1. The highest BCUT2D eigenvalue weighted by molar-refractivity contribution is 6.32. The minimum absolute atomic E-state index is 0.289. The predicted octanol–water partition coefficient (Wildman–Crippen LogP) is -0.753. The number of nitrogens with two attached hydrogens (primary N) is 1. The number of nitrogens with zero attached hydrogens (tertiary/aromatic N) is 1. The SMILES string of the molecule is Bc1cnc(N[C@H]2C[C@@](C)(O)C2)c(N)c1. The van der Waals surface area contributed by atoms with Crippen molar-refractivity contribution < 1.29 is 5.11 Å². The average molecular weight is 205 g/mol. The molecule has 0 bridgehead atoms. The molecule has 0 radical (unpaired) electrons. The molecule has 4 nitrogen and oxygen atoms in total. The van der Waals surface area contributed by atoms with Crippen molar-refractivity contribution in [1.29, 1.82) is 0 Å². The van der Waals surface area contributed by atoms with Crippen LogP contribution in [0.15, 0.2) is 12.3 Å². The van der Waals surface area contributed by atoms with E-state index in [1.807, 2.05) is 20.8 Å². The molecule has 15 heavy (non-hydrogen) atoms. The van der Waals surface area contributed by atoms with Crippen LogP contribution in [0.1, 0.15) is 19.8 Å². The van der Waals surface area contributed by atoms with Gasteiger partial charge >= 0.3 is 0 Å². The van der Waals surface area contributed by atoms with Gasteiger partial charge in [-0.1, -0.05) is 5.46 Å². The van der Waals surface area contributed by atoms with Crippen molar-refractivity contribution in [2.24, 2.45) is 0 Å². The Kier molecular flexibility index (Phi) is 2.34. The number of hydrogen-bond acceptors (Lipinski definition) is 4. The van der Waals surface area contributed by atoms with E-state index in [0.717, 1.165) is 24.1 Å². The van der Waals surface area contributed by atoms with Crippen LogP contribution in [0.2, 0.25) is 0 Å². The Bertz CT molecular complexity index is 373.